The molecule has 1 N–H and O–H groups in total. The zero-order valence-corrected chi connectivity index (χ0v) is 17.3. The highest BCUT2D eigenvalue weighted by Gasteiger charge is 2.25. The van der Waals surface area contributed by atoms with Gasteiger partial charge in [0.1, 0.15) is 0 Å². The number of nitrogens with one attached hydrogen (secondary N) is 1. The van der Waals surface area contributed by atoms with Gasteiger partial charge in [0.25, 0.3) is 0 Å². The van der Waals surface area contributed by atoms with Gasteiger partial charge >= 0.3 is 0 Å². The van der Waals surface area contributed by atoms with Crippen molar-refractivity contribution in [3.63, 3.8) is 0 Å². The van der Waals surface area contributed by atoms with E-state index in [-0.39, 0.29) is 12.0 Å². The SMILES string of the molecule is Cc1nn(-c2ccccn2)c(C)c1N1CCN(CC(=O)NCC2CCCO2)CC1. The van der Waals surface area contributed by atoms with E-state index in [1.165, 1.54) is 5.69 Å². The second kappa shape index (κ2) is 8.92. The molecule has 2 aromatic heterocycles. The van der Waals surface area contributed by atoms with Gasteiger partial charge in [0.05, 0.1) is 29.7 Å². The van der Waals surface area contributed by atoms with Crippen LogP contribution in [0.3, 0.4) is 0 Å². The van der Waals surface area contributed by atoms with E-state index in [0.29, 0.717) is 13.1 Å². The number of carbonyl (C=O) groups is 1. The molecular formula is C21H30N6O2. The van der Waals surface area contributed by atoms with Crippen molar-refractivity contribution in [3.8, 4) is 5.82 Å². The minimum Gasteiger partial charge on any atom is -0.376 e. The van der Waals surface area contributed by atoms with Crippen LogP contribution < -0.4 is 10.2 Å². The van der Waals surface area contributed by atoms with Crippen molar-refractivity contribution in [2.75, 3.05) is 50.8 Å². The first-order valence-electron chi connectivity index (χ1n) is 10.4. The van der Waals surface area contributed by atoms with Gasteiger partial charge in [-0.15, -0.1) is 0 Å². The zero-order valence-electron chi connectivity index (χ0n) is 17.3. The smallest absolute Gasteiger partial charge is 0.234 e. The van der Waals surface area contributed by atoms with Crippen molar-refractivity contribution < 1.29 is 9.53 Å². The first-order chi connectivity index (χ1) is 14.1. The summed E-state index contributed by atoms with van der Waals surface area (Å²) in [5.41, 5.74) is 3.29. The monoisotopic (exact) mass is 398 g/mol. The number of nitrogens with zero attached hydrogens (tertiary/aromatic N) is 5. The van der Waals surface area contributed by atoms with Crippen molar-refractivity contribution in [2.45, 2.75) is 32.8 Å². The third kappa shape index (κ3) is 4.59. The van der Waals surface area contributed by atoms with Crippen LogP contribution in [-0.4, -0.2) is 77.6 Å². The van der Waals surface area contributed by atoms with Gasteiger partial charge in [-0.1, -0.05) is 6.07 Å². The molecule has 4 rings (SSSR count). The number of anilines is 1. The lowest BCUT2D eigenvalue weighted by molar-refractivity contribution is -0.122. The molecule has 0 saturated carbocycles. The number of pyridine rings is 1. The number of ether oxygens (including phenoxy) is 1. The summed E-state index contributed by atoms with van der Waals surface area (Å²) in [6, 6.07) is 5.85. The molecule has 1 atom stereocenters. The van der Waals surface area contributed by atoms with Crippen molar-refractivity contribution in [1.82, 2.24) is 25.0 Å². The average Bonchev–Trinajstić information content (AvgIpc) is 3.36. The summed E-state index contributed by atoms with van der Waals surface area (Å²) in [5.74, 6) is 0.921. The van der Waals surface area contributed by atoms with Crippen LogP contribution in [0.25, 0.3) is 5.82 Å². The molecule has 4 heterocycles. The molecule has 0 bridgehead atoms. The number of amides is 1. The topological polar surface area (TPSA) is 75.5 Å². The summed E-state index contributed by atoms with van der Waals surface area (Å²) >= 11 is 0. The first-order valence-corrected chi connectivity index (χ1v) is 10.4. The summed E-state index contributed by atoms with van der Waals surface area (Å²) in [5, 5.41) is 7.72. The number of aromatic nitrogens is 3. The molecule has 2 saturated heterocycles. The van der Waals surface area contributed by atoms with E-state index in [2.05, 4.69) is 27.0 Å². The standard InChI is InChI=1S/C21H30N6O2/c1-16-21(17(2)27(24-16)19-7-3-4-8-22-19)26-11-9-25(10-12-26)15-20(28)23-14-18-6-5-13-29-18/h3-4,7-8,18H,5-6,9-15H2,1-2H3,(H,23,28). The Morgan fingerprint density at radius 3 is 2.76 bits per heavy atom. The molecule has 8 heteroatoms. The maximum Gasteiger partial charge on any atom is 0.234 e. The van der Waals surface area contributed by atoms with Gasteiger partial charge in [-0.3, -0.25) is 9.69 Å². The Balaban J connectivity index is 1.31. The van der Waals surface area contributed by atoms with Crippen LogP contribution in [0.2, 0.25) is 0 Å². The van der Waals surface area contributed by atoms with Gasteiger partial charge in [0.2, 0.25) is 5.91 Å². The lowest BCUT2D eigenvalue weighted by Gasteiger charge is -2.35. The number of rotatable bonds is 6. The van der Waals surface area contributed by atoms with Crippen molar-refractivity contribution in [2.24, 2.45) is 0 Å². The molecule has 2 aliphatic rings. The van der Waals surface area contributed by atoms with Crippen molar-refractivity contribution in [3.05, 3.63) is 35.8 Å². The zero-order chi connectivity index (χ0) is 20.2. The van der Waals surface area contributed by atoms with E-state index in [1.807, 2.05) is 29.8 Å². The highest BCUT2D eigenvalue weighted by Crippen LogP contribution is 2.27. The second-order valence-electron chi connectivity index (χ2n) is 7.82. The third-order valence-electron chi connectivity index (χ3n) is 5.73. The van der Waals surface area contributed by atoms with Gasteiger partial charge in [0.15, 0.2) is 5.82 Å². The molecule has 8 nitrogen and oxygen atoms in total. The molecule has 2 aliphatic heterocycles. The fourth-order valence-corrected chi connectivity index (χ4v) is 4.22. The molecule has 2 fully saturated rings. The fraction of sp³-hybridized carbons (Fsp3) is 0.571. The molecule has 156 valence electrons. The maximum absolute atomic E-state index is 12.2. The molecule has 1 unspecified atom stereocenters. The highest BCUT2D eigenvalue weighted by atomic mass is 16.5. The number of hydrogen-bond donors (Lipinski definition) is 1. The predicted octanol–water partition coefficient (Wildman–Crippen LogP) is 1.30. The molecule has 1 amide bonds. The molecular weight excluding hydrogens is 368 g/mol. The van der Waals surface area contributed by atoms with Crippen molar-refractivity contribution >= 4 is 11.6 Å². The van der Waals surface area contributed by atoms with Crippen LogP contribution in [0.15, 0.2) is 24.4 Å². The van der Waals surface area contributed by atoms with Crippen LogP contribution in [0.1, 0.15) is 24.2 Å². The van der Waals surface area contributed by atoms with Crippen LogP contribution in [0.4, 0.5) is 5.69 Å². The van der Waals surface area contributed by atoms with Crippen LogP contribution in [0.5, 0.6) is 0 Å². The Morgan fingerprint density at radius 2 is 2.07 bits per heavy atom. The Morgan fingerprint density at radius 1 is 1.24 bits per heavy atom. The van der Waals surface area contributed by atoms with Crippen LogP contribution in [0, 0.1) is 13.8 Å². The Kier molecular flexibility index (Phi) is 6.10. The van der Waals surface area contributed by atoms with E-state index in [4.69, 9.17) is 9.84 Å². The summed E-state index contributed by atoms with van der Waals surface area (Å²) < 4.78 is 7.48. The summed E-state index contributed by atoms with van der Waals surface area (Å²) in [6.45, 7) is 9.53. The summed E-state index contributed by atoms with van der Waals surface area (Å²) in [7, 11) is 0. The van der Waals surface area contributed by atoms with E-state index in [1.54, 1.807) is 6.20 Å². The van der Waals surface area contributed by atoms with Gasteiger partial charge in [0, 0.05) is 45.5 Å². The molecule has 29 heavy (non-hydrogen) atoms. The Hall–Kier alpha value is -2.45. The third-order valence-corrected chi connectivity index (χ3v) is 5.73. The normalized spacial score (nSPS) is 20.2. The van der Waals surface area contributed by atoms with E-state index in [0.717, 1.165) is 62.8 Å². The average molecular weight is 399 g/mol. The molecule has 0 aromatic carbocycles. The number of aryl methyl sites for hydroxylation is 1. The molecule has 2 aromatic rings. The summed E-state index contributed by atoms with van der Waals surface area (Å²) in [6.07, 6.45) is 4.12. The van der Waals surface area contributed by atoms with E-state index in [9.17, 15) is 4.79 Å². The van der Waals surface area contributed by atoms with Gasteiger partial charge < -0.3 is 15.0 Å². The van der Waals surface area contributed by atoms with Gasteiger partial charge in [-0.05, 0) is 38.8 Å². The Labute approximate surface area is 171 Å². The largest absolute Gasteiger partial charge is 0.376 e. The predicted molar refractivity (Wildman–Crippen MR) is 111 cm³/mol. The van der Waals surface area contributed by atoms with Gasteiger partial charge in [-0.25, -0.2) is 9.67 Å². The first kappa shape index (κ1) is 19.8. The lowest BCUT2D eigenvalue weighted by atomic mass is 10.2. The Bertz CT molecular complexity index is 823. The summed E-state index contributed by atoms with van der Waals surface area (Å²) in [4.78, 5) is 21.3. The quantitative estimate of drug-likeness (QED) is 0.791. The number of hydrogen-bond acceptors (Lipinski definition) is 6. The number of carbonyl (C=O) groups excluding carboxylic acids is 1. The second-order valence-corrected chi connectivity index (χ2v) is 7.82. The molecule has 0 radical (unpaired) electrons. The van der Waals surface area contributed by atoms with Crippen LogP contribution in [-0.2, 0) is 9.53 Å². The van der Waals surface area contributed by atoms with E-state index >= 15 is 0 Å². The minimum atomic E-state index is 0.0873. The van der Waals surface area contributed by atoms with E-state index < -0.39 is 0 Å². The lowest BCUT2D eigenvalue weighted by Crippen LogP contribution is -2.50. The number of piperazine rings is 1. The minimum absolute atomic E-state index is 0.0873. The van der Waals surface area contributed by atoms with Crippen molar-refractivity contribution in [1.29, 1.82) is 0 Å². The molecule has 0 aliphatic carbocycles. The maximum atomic E-state index is 12.2. The van der Waals surface area contributed by atoms with Gasteiger partial charge in [-0.2, -0.15) is 5.10 Å². The highest BCUT2D eigenvalue weighted by molar-refractivity contribution is 5.78. The fourth-order valence-electron chi connectivity index (χ4n) is 4.22. The molecule has 0 spiro atoms. The van der Waals surface area contributed by atoms with Crippen LogP contribution >= 0.6 is 0 Å².